The van der Waals surface area contributed by atoms with Gasteiger partial charge in [-0.15, -0.1) is 0 Å². The highest BCUT2D eigenvalue weighted by Crippen LogP contribution is 2.25. The van der Waals surface area contributed by atoms with Crippen molar-refractivity contribution < 1.29 is 9.21 Å². The Morgan fingerprint density at radius 2 is 1.84 bits per heavy atom. The summed E-state index contributed by atoms with van der Waals surface area (Å²) in [5.74, 6) is -0.697. The van der Waals surface area contributed by atoms with E-state index < -0.39 is 11.5 Å². The third-order valence-corrected chi connectivity index (χ3v) is 5.15. The number of nitriles is 1. The van der Waals surface area contributed by atoms with E-state index in [4.69, 9.17) is 16.0 Å². The van der Waals surface area contributed by atoms with Gasteiger partial charge < -0.3 is 4.42 Å². The second-order valence-electron chi connectivity index (χ2n) is 7.01. The Bertz CT molecular complexity index is 1510. The fourth-order valence-corrected chi connectivity index (χ4v) is 3.38. The Morgan fingerprint density at radius 3 is 2.59 bits per heavy atom. The van der Waals surface area contributed by atoms with Gasteiger partial charge in [0.15, 0.2) is 0 Å². The molecule has 4 rings (SSSR count). The maximum atomic E-state index is 12.5. The lowest BCUT2D eigenvalue weighted by atomic mass is 10.0. The molecule has 1 N–H and O–H groups in total. The van der Waals surface area contributed by atoms with Crippen molar-refractivity contribution >= 4 is 51.0 Å². The highest BCUT2D eigenvalue weighted by Gasteiger charge is 2.13. The van der Waals surface area contributed by atoms with Crippen LogP contribution in [0.1, 0.15) is 18.1 Å². The zero-order valence-electron chi connectivity index (χ0n) is 16.9. The number of nitrogens with one attached hydrogen (secondary N) is 1. The van der Waals surface area contributed by atoms with Crippen molar-refractivity contribution in [1.82, 2.24) is 5.43 Å². The lowest BCUT2D eigenvalue weighted by Gasteiger charge is -2.06. The van der Waals surface area contributed by atoms with Crippen LogP contribution in [-0.2, 0) is 4.79 Å². The predicted octanol–water partition coefficient (Wildman–Crippen LogP) is 5.05. The van der Waals surface area contributed by atoms with Crippen molar-refractivity contribution in [2.24, 2.45) is 5.10 Å². The van der Waals surface area contributed by atoms with Gasteiger partial charge in [0.05, 0.1) is 11.3 Å². The summed E-state index contributed by atoms with van der Waals surface area (Å²) >= 11 is 5.85. The minimum absolute atomic E-state index is 0.139. The number of rotatable bonds is 4. The molecule has 0 unspecified atom stereocenters. The summed E-state index contributed by atoms with van der Waals surface area (Å²) in [5, 5.41) is 16.6. The van der Waals surface area contributed by atoms with Crippen LogP contribution in [0.5, 0.6) is 0 Å². The molecule has 156 valence electrons. The van der Waals surface area contributed by atoms with E-state index in [9.17, 15) is 14.9 Å². The van der Waals surface area contributed by atoms with Crippen LogP contribution in [0, 0.1) is 11.3 Å². The Hall–Kier alpha value is -4.21. The second kappa shape index (κ2) is 8.88. The van der Waals surface area contributed by atoms with Crippen molar-refractivity contribution in [3.05, 3.63) is 98.9 Å². The normalized spacial score (nSPS) is 12.0. The van der Waals surface area contributed by atoms with Crippen molar-refractivity contribution in [3.8, 4) is 6.07 Å². The number of amides is 1. The maximum absolute atomic E-state index is 12.5. The minimum Gasteiger partial charge on any atom is -0.422 e. The van der Waals surface area contributed by atoms with Crippen molar-refractivity contribution in [2.75, 3.05) is 0 Å². The fraction of sp³-hybridized carbons (Fsp3) is 0.0400. The summed E-state index contributed by atoms with van der Waals surface area (Å²) in [4.78, 5) is 24.9. The van der Waals surface area contributed by atoms with Gasteiger partial charge in [0, 0.05) is 10.4 Å². The first kappa shape index (κ1) is 21.0. The number of fused-ring (bicyclic) bond motifs is 3. The summed E-state index contributed by atoms with van der Waals surface area (Å²) in [5.41, 5.74) is 3.20. The zero-order chi connectivity index (χ0) is 22.7. The summed E-state index contributed by atoms with van der Waals surface area (Å²) < 4.78 is 5.46. The van der Waals surface area contributed by atoms with Crippen LogP contribution in [0.15, 0.2) is 86.6 Å². The molecule has 1 amide bonds. The molecule has 0 spiro atoms. The third kappa shape index (κ3) is 4.29. The van der Waals surface area contributed by atoms with E-state index in [1.165, 1.54) is 6.08 Å². The van der Waals surface area contributed by atoms with E-state index in [0.717, 1.165) is 16.2 Å². The van der Waals surface area contributed by atoms with Gasteiger partial charge in [0.2, 0.25) is 0 Å². The number of hydrogen-bond donors (Lipinski definition) is 1. The molecule has 0 atom stereocenters. The standard InChI is InChI=1S/C25H16ClN3O3/c1-15(28-29-24(30)18(14-27)12-16-6-9-19(26)10-7-16)21-13-22-20-5-3-2-4-17(20)8-11-23(22)32-25(21)31/h2-13H,1H3,(H,29,30)/b18-12+,28-15+. The summed E-state index contributed by atoms with van der Waals surface area (Å²) in [6, 6.07) is 21.6. The van der Waals surface area contributed by atoms with Crippen LogP contribution < -0.4 is 11.1 Å². The van der Waals surface area contributed by atoms with E-state index in [1.54, 1.807) is 43.3 Å². The molecule has 0 fully saturated rings. The fourth-order valence-electron chi connectivity index (χ4n) is 3.25. The van der Waals surface area contributed by atoms with Crippen LogP contribution in [-0.4, -0.2) is 11.6 Å². The van der Waals surface area contributed by atoms with Crippen molar-refractivity contribution in [2.45, 2.75) is 6.92 Å². The lowest BCUT2D eigenvalue weighted by Crippen LogP contribution is -2.22. The van der Waals surface area contributed by atoms with E-state index in [-0.39, 0.29) is 16.8 Å². The number of hydrazone groups is 1. The molecule has 0 saturated carbocycles. The summed E-state index contributed by atoms with van der Waals surface area (Å²) in [6.45, 7) is 1.58. The number of carbonyl (C=O) groups is 1. The van der Waals surface area contributed by atoms with Gasteiger partial charge in [0.1, 0.15) is 17.2 Å². The summed E-state index contributed by atoms with van der Waals surface area (Å²) in [6.07, 6.45) is 1.42. The highest BCUT2D eigenvalue weighted by atomic mass is 35.5. The number of hydrogen-bond acceptors (Lipinski definition) is 5. The van der Waals surface area contributed by atoms with Gasteiger partial charge >= 0.3 is 5.63 Å². The Morgan fingerprint density at radius 1 is 1.09 bits per heavy atom. The van der Waals surface area contributed by atoms with Gasteiger partial charge in [-0.2, -0.15) is 10.4 Å². The average molecular weight is 442 g/mol. The molecule has 0 radical (unpaired) electrons. The molecular formula is C25H16ClN3O3. The van der Waals surface area contributed by atoms with Crippen LogP contribution in [0.25, 0.3) is 27.8 Å². The first-order valence-corrected chi connectivity index (χ1v) is 10.0. The van der Waals surface area contributed by atoms with Gasteiger partial charge in [-0.05, 0) is 53.6 Å². The molecule has 0 saturated heterocycles. The molecule has 0 aliphatic rings. The van der Waals surface area contributed by atoms with Crippen LogP contribution in [0.2, 0.25) is 5.02 Å². The highest BCUT2D eigenvalue weighted by molar-refractivity contribution is 6.30. The molecule has 0 bridgehead atoms. The van der Waals surface area contributed by atoms with Gasteiger partial charge in [-0.1, -0.05) is 54.1 Å². The molecule has 0 aliphatic heterocycles. The van der Waals surface area contributed by atoms with Crippen LogP contribution in [0.4, 0.5) is 0 Å². The molecular weight excluding hydrogens is 426 g/mol. The van der Waals surface area contributed by atoms with Crippen LogP contribution in [0.3, 0.4) is 0 Å². The minimum atomic E-state index is -0.697. The second-order valence-corrected chi connectivity index (χ2v) is 7.44. The first-order chi connectivity index (χ1) is 15.5. The average Bonchev–Trinajstić information content (AvgIpc) is 2.81. The Labute approximate surface area is 188 Å². The smallest absolute Gasteiger partial charge is 0.345 e. The summed E-state index contributed by atoms with van der Waals surface area (Å²) in [7, 11) is 0. The molecule has 32 heavy (non-hydrogen) atoms. The van der Waals surface area contributed by atoms with Crippen molar-refractivity contribution in [3.63, 3.8) is 0 Å². The monoisotopic (exact) mass is 441 g/mol. The van der Waals surface area contributed by atoms with Gasteiger partial charge in [-0.3, -0.25) is 4.79 Å². The SMILES string of the molecule is C/C(=N\NC(=O)/C(C#N)=C/c1ccc(Cl)cc1)c1cc2c(ccc3ccccc32)oc1=O. The van der Waals surface area contributed by atoms with Gasteiger partial charge in [0.25, 0.3) is 5.91 Å². The molecule has 7 heteroatoms. The molecule has 0 aliphatic carbocycles. The molecule has 6 nitrogen and oxygen atoms in total. The van der Waals surface area contributed by atoms with E-state index in [2.05, 4.69) is 10.5 Å². The molecule has 1 heterocycles. The van der Waals surface area contributed by atoms with E-state index in [1.807, 2.05) is 36.4 Å². The van der Waals surface area contributed by atoms with E-state index in [0.29, 0.717) is 16.2 Å². The number of nitrogens with zero attached hydrogens (tertiary/aromatic N) is 2. The van der Waals surface area contributed by atoms with E-state index >= 15 is 0 Å². The first-order valence-electron chi connectivity index (χ1n) is 9.64. The topological polar surface area (TPSA) is 95.5 Å². The maximum Gasteiger partial charge on any atom is 0.345 e. The molecule has 4 aromatic rings. The zero-order valence-corrected chi connectivity index (χ0v) is 17.7. The number of benzene rings is 3. The predicted molar refractivity (Wildman–Crippen MR) is 125 cm³/mol. The quantitative estimate of drug-likeness (QED) is 0.120. The largest absolute Gasteiger partial charge is 0.422 e. The van der Waals surface area contributed by atoms with Gasteiger partial charge in [-0.25, -0.2) is 10.2 Å². The Kier molecular flexibility index (Phi) is 5.84. The third-order valence-electron chi connectivity index (χ3n) is 4.90. The number of carbonyl (C=O) groups excluding carboxylic acids is 1. The van der Waals surface area contributed by atoms with Crippen molar-refractivity contribution in [1.29, 1.82) is 5.26 Å². The van der Waals surface area contributed by atoms with Crippen LogP contribution >= 0.6 is 11.6 Å². The molecule has 1 aromatic heterocycles. The lowest BCUT2D eigenvalue weighted by molar-refractivity contribution is -0.117. The number of halogens is 1. The Balaban J connectivity index is 1.65. The molecule has 3 aromatic carbocycles.